The molecule has 1 aromatic rings. The van der Waals surface area contributed by atoms with E-state index in [9.17, 15) is 9.59 Å². The summed E-state index contributed by atoms with van der Waals surface area (Å²) in [6.07, 6.45) is -0.0823. The van der Waals surface area contributed by atoms with Gasteiger partial charge in [0.2, 0.25) is 5.91 Å². The second kappa shape index (κ2) is 5.88. The highest BCUT2D eigenvalue weighted by atomic mass is 127. The molecule has 0 aliphatic heterocycles. The first kappa shape index (κ1) is 15.2. The number of carboxylic acids is 1. The quantitative estimate of drug-likeness (QED) is 0.786. The standard InChI is InChI=1S/C12H13ClINO3/c1-12(2,11(17)18)6-10(16)15-9-4-3-7(13)5-8(9)14/h3-5H,6H2,1-2H3,(H,15,16)(H,17,18). The van der Waals surface area contributed by atoms with Gasteiger partial charge in [-0.25, -0.2) is 0 Å². The first-order valence-electron chi connectivity index (χ1n) is 5.20. The van der Waals surface area contributed by atoms with E-state index in [0.717, 1.165) is 3.57 Å². The first-order chi connectivity index (χ1) is 8.22. The molecule has 0 unspecified atom stereocenters. The summed E-state index contributed by atoms with van der Waals surface area (Å²) in [5.41, 5.74) is -0.451. The maximum absolute atomic E-state index is 11.8. The van der Waals surface area contributed by atoms with Gasteiger partial charge in [-0.15, -0.1) is 0 Å². The minimum atomic E-state index is -1.08. The highest BCUT2D eigenvalue weighted by molar-refractivity contribution is 14.1. The van der Waals surface area contributed by atoms with E-state index in [1.165, 1.54) is 13.8 Å². The number of carbonyl (C=O) groups is 2. The van der Waals surface area contributed by atoms with Crippen LogP contribution in [0.1, 0.15) is 20.3 Å². The Hall–Kier alpha value is -0.820. The number of amides is 1. The van der Waals surface area contributed by atoms with Crippen molar-refractivity contribution in [2.24, 2.45) is 5.41 Å². The number of anilines is 1. The molecule has 0 heterocycles. The lowest BCUT2D eigenvalue weighted by Crippen LogP contribution is -2.29. The number of carbonyl (C=O) groups excluding carboxylic acids is 1. The van der Waals surface area contributed by atoms with Crippen molar-refractivity contribution < 1.29 is 14.7 Å². The van der Waals surface area contributed by atoms with E-state index >= 15 is 0 Å². The van der Waals surface area contributed by atoms with Crippen LogP contribution in [0, 0.1) is 8.99 Å². The fraction of sp³-hybridized carbons (Fsp3) is 0.333. The highest BCUT2D eigenvalue weighted by Crippen LogP contribution is 2.25. The third-order valence-corrected chi connectivity index (χ3v) is 3.51. The van der Waals surface area contributed by atoms with E-state index < -0.39 is 11.4 Å². The SMILES string of the molecule is CC(C)(CC(=O)Nc1ccc(Cl)cc1I)C(=O)O. The molecule has 0 bridgehead atoms. The van der Waals surface area contributed by atoms with Gasteiger partial charge in [0.1, 0.15) is 0 Å². The van der Waals surface area contributed by atoms with Gasteiger partial charge in [-0.1, -0.05) is 11.6 Å². The van der Waals surface area contributed by atoms with Crippen molar-refractivity contribution >= 4 is 51.8 Å². The summed E-state index contributed by atoms with van der Waals surface area (Å²) in [6, 6.07) is 5.08. The lowest BCUT2D eigenvalue weighted by atomic mass is 9.89. The molecule has 98 valence electrons. The van der Waals surface area contributed by atoms with Crippen LogP contribution in [0.15, 0.2) is 18.2 Å². The van der Waals surface area contributed by atoms with Gasteiger partial charge in [-0.3, -0.25) is 9.59 Å². The van der Waals surface area contributed by atoms with Crippen LogP contribution in [-0.4, -0.2) is 17.0 Å². The number of rotatable bonds is 4. The monoisotopic (exact) mass is 381 g/mol. The Kier molecular flexibility index (Phi) is 4.98. The van der Waals surface area contributed by atoms with Crippen LogP contribution in [-0.2, 0) is 9.59 Å². The number of benzene rings is 1. The van der Waals surface area contributed by atoms with E-state index in [1.807, 2.05) is 0 Å². The molecule has 18 heavy (non-hydrogen) atoms. The summed E-state index contributed by atoms with van der Waals surface area (Å²) in [7, 11) is 0. The number of aliphatic carboxylic acids is 1. The van der Waals surface area contributed by atoms with Crippen LogP contribution >= 0.6 is 34.2 Å². The summed E-state index contributed by atoms with van der Waals surface area (Å²) < 4.78 is 0.807. The van der Waals surface area contributed by atoms with Crippen molar-refractivity contribution in [2.75, 3.05) is 5.32 Å². The van der Waals surface area contributed by atoms with Crippen molar-refractivity contribution in [2.45, 2.75) is 20.3 Å². The summed E-state index contributed by atoms with van der Waals surface area (Å²) in [4.78, 5) is 22.7. The van der Waals surface area contributed by atoms with Crippen LogP contribution < -0.4 is 5.32 Å². The zero-order valence-electron chi connectivity index (χ0n) is 9.96. The maximum Gasteiger partial charge on any atom is 0.309 e. The molecule has 6 heteroatoms. The van der Waals surface area contributed by atoms with Gasteiger partial charge in [-0.2, -0.15) is 0 Å². The van der Waals surface area contributed by atoms with Gasteiger partial charge in [-0.05, 0) is 54.6 Å². The molecule has 0 aliphatic rings. The smallest absolute Gasteiger partial charge is 0.309 e. The molecule has 0 aromatic heterocycles. The van der Waals surface area contributed by atoms with Crippen LogP contribution in [0.2, 0.25) is 5.02 Å². The van der Waals surface area contributed by atoms with E-state index in [-0.39, 0.29) is 12.3 Å². The molecule has 0 saturated carbocycles. The molecular weight excluding hydrogens is 368 g/mol. The van der Waals surface area contributed by atoms with Crippen molar-refractivity contribution in [1.29, 1.82) is 0 Å². The molecule has 0 fully saturated rings. The Balaban J connectivity index is 2.74. The third kappa shape index (κ3) is 4.13. The second-order valence-electron chi connectivity index (χ2n) is 4.54. The molecule has 2 N–H and O–H groups in total. The normalized spacial score (nSPS) is 11.1. The fourth-order valence-corrected chi connectivity index (χ4v) is 2.27. The molecule has 4 nitrogen and oxygen atoms in total. The summed E-state index contributed by atoms with van der Waals surface area (Å²) in [5.74, 6) is -1.33. The fourth-order valence-electron chi connectivity index (χ4n) is 1.26. The largest absolute Gasteiger partial charge is 0.481 e. The molecule has 0 spiro atoms. The number of hydrogen-bond donors (Lipinski definition) is 2. The average Bonchev–Trinajstić information content (AvgIpc) is 2.21. The molecule has 1 rings (SSSR count). The number of halogens is 2. The Labute approximate surface area is 124 Å². The molecule has 0 saturated heterocycles. The minimum absolute atomic E-state index is 0.0823. The number of nitrogens with one attached hydrogen (secondary N) is 1. The van der Waals surface area contributed by atoms with Crippen LogP contribution in [0.25, 0.3) is 0 Å². The van der Waals surface area contributed by atoms with Gasteiger partial charge in [0, 0.05) is 15.0 Å². The van der Waals surface area contributed by atoms with E-state index in [0.29, 0.717) is 10.7 Å². The molecule has 0 aliphatic carbocycles. The van der Waals surface area contributed by atoms with Crippen LogP contribution in [0.4, 0.5) is 5.69 Å². The van der Waals surface area contributed by atoms with Crippen LogP contribution in [0.3, 0.4) is 0 Å². The topological polar surface area (TPSA) is 66.4 Å². The zero-order chi connectivity index (χ0) is 13.9. The Morgan fingerprint density at radius 1 is 1.44 bits per heavy atom. The average molecular weight is 382 g/mol. The van der Waals surface area contributed by atoms with Crippen LogP contribution in [0.5, 0.6) is 0 Å². The summed E-state index contributed by atoms with van der Waals surface area (Å²) >= 11 is 7.86. The van der Waals surface area contributed by atoms with E-state index in [4.69, 9.17) is 16.7 Å². The second-order valence-corrected chi connectivity index (χ2v) is 6.14. The van der Waals surface area contributed by atoms with Crippen molar-refractivity contribution in [1.82, 2.24) is 0 Å². The first-order valence-corrected chi connectivity index (χ1v) is 6.66. The van der Waals surface area contributed by atoms with Crippen molar-refractivity contribution in [3.05, 3.63) is 26.8 Å². The maximum atomic E-state index is 11.8. The predicted octanol–water partition coefficient (Wildman–Crippen LogP) is 3.38. The van der Waals surface area contributed by atoms with Gasteiger partial charge < -0.3 is 10.4 Å². The van der Waals surface area contributed by atoms with Gasteiger partial charge in [0.05, 0.1) is 11.1 Å². The minimum Gasteiger partial charge on any atom is -0.481 e. The Morgan fingerprint density at radius 2 is 2.06 bits per heavy atom. The molecule has 1 amide bonds. The molecule has 0 atom stereocenters. The lowest BCUT2D eigenvalue weighted by molar-refractivity contribution is -0.148. The molecule has 0 radical (unpaired) electrons. The van der Waals surface area contributed by atoms with Gasteiger partial charge >= 0.3 is 5.97 Å². The van der Waals surface area contributed by atoms with Gasteiger partial charge in [0.15, 0.2) is 0 Å². The van der Waals surface area contributed by atoms with E-state index in [2.05, 4.69) is 27.9 Å². The van der Waals surface area contributed by atoms with Gasteiger partial charge in [0.25, 0.3) is 0 Å². The Bertz CT molecular complexity index is 488. The van der Waals surface area contributed by atoms with E-state index in [1.54, 1.807) is 18.2 Å². The molecular formula is C12H13ClINO3. The lowest BCUT2D eigenvalue weighted by Gasteiger charge is -2.18. The summed E-state index contributed by atoms with van der Waals surface area (Å²) in [6.45, 7) is 3.03. The van der Waals surface area contributed by atoms with Crippen molar-refractivity contribution in [3.8, 4) is 0 Å². The number of carboxylic acid groups (broad SMARTS) is 1. The zero-order valence-corrected chi connectivity index (χ0v) is 12.9. The highest BCUT2D eigenvalue weighted by Gasteiger charge is 2.30. The summed E-state index contributed by atoms with van der Waals surface area (Å²) in [5, 5.41) is 12.2. The third-order valence-electron chi connectivity index (χ3n) is 2.39. The van der Waals surface area contributed by atoms with Crippen molar-refractivity contribution in [3.63, 3.8) is 0 Å². The molecule has 1 aromatic carbocycles. The number of hydrogen-bond acceptors (Lipinski definition) is 2. The Morgan fingerprint density at radius 3 is 2.56 bits per heavy atom. The predicted molar refractivity (Wildman–Crippen MR) is 78.8 cm³/mol.